The molecule has 1 aliphatic carbocycles. The SMILES string of the molecule is CC(C)C(NC1CC1)c1ccc(Cl)cc1F. The van der Waals surface area contributed by atoms with Crippen LogP contribution in [0.2, 0.25) is 5.02 Å². The van der Waals surface area contributed by atoms with Crippen LogP contribution in [0, 0.1) is 11.7 Å². The molecule has 0 saturated heterocycles. The lowest BCUT2D eigenvalue weighted by atomic mass is 9.95. The van der Waals surface area contributed by atoms with Crippen LogP contribution in [0.5, 0.6) is 0 Å². The summed E-state index contributed by atoms with van der Waals surface area (Å²) in [5, 5.41) is 3.94. The average Bonchev–Trinajstić information content (AvgIpc) is 2.98. The number of hydrogen-bond donors (Lipinski definition) is 1. The minimum atomic E-state index is -0.209. The smallest absolute Gasteiger partial charge is 0.129 e. The van der Waals surface area contributed by atoms with Crippen molar-refractivity contribution in [3.05, 3.63) is 34.6 Å². The number of benzene rings is 1. The molecule has 1 saturated carbocycles. The maximum absolute atomic E-state index is 13.8. The normalized spacial score (nSPS) is 17.8. The number of rotatable bonds is 4. The van der Waals surface area contributed by atoms with Gasteiger partial charge >= 0.3 is 0 Å². The summed E-state index contributed by atoms with van der Waals surface area (Å²) >= 11 is 5.76. The van der Waals surface area contributed by atoms with Crippen molar-refractivity contribution in [1.82, 2.24) is 5.32 Å². The molecule has 1 aromatic rings. The molecule has 1 aliphatic rings. The van der Waals surface area contributed by atoms with Crippen LogP contribution in [0.15, 0.2) is 18.2 Å². The first-order valence-electron chi connectivity index (χ1n) is 5.79. The van der Waals surface area contributed by atoms with Crippen molar-refractivity contribution in [3.8, 4) is 0 Å². The molecule has 1 aromatic carbocycles. The van der Waals surface area contributed by atoms with E-state index in [-0.39, 0.29) is 11.9 Å². The second-order valence-electron chi connectivity index (χ2n) is 4.83. The molecule has 16 heavy (non-hydrogen) atoms. The Morgan fingerprint density at radius 1 is 1.38 bits per heavy atom. The minimum absolute atomic E-state index is 0.0877. The molecule has 1 nitrogen and oxygen atoms in total. The molecular weight excluding hydrogens is 225 g/mol. The summed E-state index contributed by atoms with van der Waals surface area (Å²) < 4.78 is 13.8. The van der Waals surface area contributed by atoms with E-state index in [2.05, 4.69) is 19.2 Å². The van der Waals surface area contributed by atoms with Crippen molar-refractivity contribution >= 4 is 11.6 Å². The molecule has 0 bridgehead atoms. The summed E-state index contributed by atoms with van der Waals surface area (Å²) in [6.07, 6.45) is 2.41. The lowest BCUT2D eigenvalue weighted by molar-refractivity contribution is 0.394. The zero-order chi connectivity index (χ0) is 11.7. The summed E-state index contributed by atoms with van der Waals surface area (Å²) in [4.78, 5) is 0. The van der Waals surface area contributed by atoms with Gasteiger partial charge in [0.2, 0.25) is 0 Å². The topological polar surface area (TPSA) is 12.0 Å². The first kappa shape index (κ1) is 11.9. The maximum Gasteiger partial charge on any atom is 0.129 e. The third kappa shape index (κ3) is 2.74. The van der Waals surface area contributed by atoms with Gasteiger partial charge in [-0.25, -0.2) is 4.39 Å². The highest BCUT2D eigenvalue weighted by Crippen LogP contribution is 2.30. The number of halogens is 2. The molecule has 1 N–H and O–H groups in total. The first-order valence-corrected chi connectivity index (χ1v) is 6.16. The Kier molecular flexibility index (Phi) is 3.50. The van der Waals surface area contributed by atoms with Crippen molar-refractivity contribution in [2.75, 3.05) is 0 Å². The van der Waals surface area contributed by atoms with Crippen molar-refractivity contribution in [2.24, 2.45) is 5.92 Å². The zero-order valence-corrected chi connectivity index (χ0v) is 10.4. The van der Waals surface area contributed by atoms with Gasteiger partial charge in [0, 0.05) is 22.7 Å². The van der Waals surface area contributed by atoms with Gasteiger partial charge in [0.25, 0.3) is 0 Å². The van der Waals surface area contributed by atoms with Gasteiger partial charge in [-0.15, -0.1) is 0 Å². The molecule has 1 unspecified atom stereocenters. The average molecular weight is 242 g/mol. The summed E-state index contributed by atoms with van der Waals surface area (Å²) in [5.74, 6) is 0.163. The predicted molar refractivity (Wildman–Crippen MR) is 65.1 cm³/mol. The molecular formula is C13H17ClFN. The summed E-state index contributed by atoms with van der Waals surface area (Å²) in [6.45, 7) is 4.21. The van der Waals surface area contributed by atoms with Gasteiger partial charge in [-0.05, 0) is 30.9 Å². The van der Waals surface area contributed by atoms with E-state index in [4.69, 9.17) is 11.6 Å². The summed E-state index contributed by atoms with van der Waals surface area (Å²) in [6, 6.07) is 5.59. The van der Waals surface area contributed by atoms with Crippen LogP contribution in [-0.2, 0) is 0 Å². The molecule has 2 rings (SSSR count). The third-order valence-electron chi connectivity index (χ3n) is 2.96. The fourth-order valence-electron chi connectivity index (χ4n) is 1.90. The van der Waals surface area contributed by atoms with E-state index in [1.165, 1.54) is 18.9 Å². The van der Waals surface area contributed by atoms with Crippen LogP contribution in [0.4, 0.5) is 4.39 Å². The highest BCUT2D eigenvalue weighted by atomic mass is 35.5. The van der Waals surface area contributed by atoms with Gasteiger partial charge < -0.3 is 5.32 Å². The molecule has 0 aliphatic heterocycles. The Morgan fingerprint density at radius 3 is 2.56 bits per heavy atom. The van der Waals surface area contributed by atoms with E-state index in [0.29, 0.717) is 17.0 Å². The highest BCUT2D eigenvalue weighted by Gasteiger charge is 2.28. The Balaban J connectivity index is 2.22. The highest BCUT2D eigenvalue weighted by molar-refractivity contribution is 6.30. The van der Waals surface area contributed by atoms with Crippen molar-refractivity contribution in [3.63, 3.8) is 0 Å². The van der Waals surface area contributed by atoms with Crippen molar-refractivity contribution < 1.29 is 4.39 Å². The van der Waals surface area contributed by atoms with Crippen LogP contribution in [0.3, 0.4) is 0 Å². The summed E-state index contributed by atoms with van der Waals surface area (Å²) in [7, 11) is 0. The lowest BCUT2D eigenvalue weighted by Gasteiger charge is -2.23. The minimum Gasteiger partial charge on any atom is -0.307 e. The first-order chi connectivity index (χ1) is 7.58. The van der Waals surface area contributed by atoms with Gasteiger partial charge in [0.15, 0.2) is 0 Å². The Morgan fingerprint density at radius 2 is 2.06 bits per heavy atom. The third-order valence-corrected chi connectivity index (χ3v) is 3.19. The van der Waals surface area contributed by atoms with E-state index in [1.54, 1.807) is 12.1 Å². The van der Waals surface area contributed by atoms with Gasteiger partial charge in [-0.2, -0.15) is 0 Å². The molecule has 1 fully saturated rings. The van der Waals surface area contributed by atoms with Gasteiger partial charge in [0.1, 0.15) is 5.82 Å². The Hall–Kier alpha value is -0.600. The van der Waals surface area contributed by atoms with Crippen LogP contribution in [0.25, 0.3) is 0 Å². The Labute approximate surface area is 101 Å². The van der Waals surface area contributed by atoms with Crippen LogP contribution in [-0.4, -0.2) is 6.04 Å². The molecule has 0 amide bonds. The monoisotopic (exact) mass is 241 g/mol. The van der Waals surface area contributed by atoms with Crippen LogP contribution in [0.1, 0.15) is 38.3 Å². The lowest BCUT2D eigenvalue weighted by Crippen LogP contribution is -2.28. The fraction of sp³-hybridized carbons (Fsp3) is 0.538. The van der Waals surface area contributed by atoms with Gasteiger partial charge in [-0.1, -0.05) is 31.5 Å². The maximum atomic E-state index is 13.8. The quantitative estimate of drug-likeness (QED) is 0.842. The van der Waals surface area contributed by atoms with E-state index >= 15 is 0 Å². The van der Waals surface area contributed by atoms with Crippen LogP contribution >= 0.6 is 11.6 Å². The molecule has 3 heteroatoms. The molecule has 0 spiro atoms. The molecule has 88 valence electrons. The van der Waals surface area contributed by atoms with E-state index in [0.717, 1.165) is 5.56 Å². The zero-order valence-electron chi connectivity index (χ0n) is 9.63. The number of nitrogens with one attached hydrogen (secondary N) is 1. The summed E-state index contributed by atoms with van der Waals surface area (Å²) in [5.41, 5.74) is 0.728. The Bertz CT molecular complexity index is 374. The number of hydrogen-bond acceptors (Lipinski definition) is 1. The molecule has 0 heterocycles. The molecule has 0 radical (unpaired) electrons. The van der Waals surface area contributed by atoms with E-state index < -0.39 is 0 Å². The van der Waals surface area contributed by atoms with E-state index in [1.807, 2.05) is 0 Å². The van der Waals surface area contributed by atoms with Gasteiger partial charge in [-0.3, -0.25) is 0 Å². The largest absolute Gasteiger partial charge is 0.307 e. The fourth-order valence-corrected chi connectivity index (χ4v) is 2.06. The van der Waals surface area contributed by atoms with Crippen molar-refractivity contribution in [1.29, 1.82) is 0 Å². The van der Waals surface area contributed by atoms with E-state index in [9.17, 15) is 4.39 Å². The van der Waals surface area contributed by atoms with Crippen LogP contribution < -0.4 is 5.32 Å². The van der Waals surface area contributed by atoms with Gasteiger partial charge in [0.05, 0.1) is 0 Å². The second-order valence-corrected chi connectivity index (χ2v) is 5.26. The second kappa shape index (κ2) is 4.72. The molecule has 0 aromatic heterocycles. The molecule has 1 atom stereocenters. The standard InChI is InChI=1S/C13H17ClFN/c1-8(2)13(16-10-4-5-10)11-6-3-9(14)7-12(11)15/h3,6-8,10,13,16H,4-5H2,1-2H3. The van der Waals surface area contributed by atoms with Crippen molar-refractivity contribution in [2.45, 2.75) is 38.8 Å². The predicted octanol–water partition coefficient (Wildman–Crippen LogP) is 3.93.